The van der Waals surface area contributed by atoms with E-state index in [1.54, 1.807) is 20.1 Å². The normalized spacial score (nSPS) is 18.2. The summed E-state index contributed by atoms with van der Waals surface area (Å²) < 4.78 is 16.8. The van der Waals surface area contributed by atoms with Crippen molar-refractivity contribution in [3.63, 3.8) is 0 Å². The van der Waals surface area contributed by atoms with Gasteiger partial charge in [0.1, 0.15) is 5.76 Å². The molecule has 2 fully saturated rings. The van der Waals surface area contributed by atoms with Crippen LogP contribution in [-0.4, -0.2) is 42.3 Å². The van der Waals surface area contributed by atoms with Gasteiger partial charge in [0.15, 0.2) is 17.2 Å². The molecule has 0 N–H and O–H groups in total. The van der Waals surface area contributed by atoms with Gasteiger partial charge in [-0.3, -0.25) is 4.79 Å². The summed E-state index contributed by atoms with van der Waals surface area (Å²) in [6.07, 6.45) is 8.05. The van der Waals surface area contributed by atoms with Crippen LogP contribution in [0.15, 0.2) is 28.8 Å². The minimum Gasteiger partial charge on any atom is -0.493 e. The van der Waals surface area contributed by atoms with Gasteiger partial charge in [-0.15, -0.1) is 0 Å². The molecule has 6 heteroatoms. The highest BCUT2D eigenvalue weighted by Crippen LogP contribution is 2.34. The molecule has 0 atom stereocenters. The van der Waals surface area contributed by atoms with Gasteiger partial charge in [0.25, 0.3) is 5.91 Å². The largest absolute Gasteiger partial charge is 0.493 e. The van der Waals surface area contributed by atoms with Crippen molar-refractivity contribution in [3.8, 4) is 11.5 Å². The zero-order chi connectivity index (χ0) is 20.2. The number of aromatic nitrogens is 1. The maximum Gasteiger partial charge on any atom is 0.276 e. The molecule has 1 aliphatic carbocycles. The van der Waals surface area contributed by atoms with Crippen molar-refractivity contribution in [2.24, 2.45) is 5.92 Å². The Hall–Kier alpha value is -2.50. The number of ether oxygens (including phenoxy) is 2. The summed E-state index contributed by atoms with van der Waals surface area (Å²) in [5.74, 6) is 2.87. The second-order valence-electron chi connectivity index (χ2n) is 8.27. The summed E-state index contributed by atoms with van der Waals surface area (Å²) in [7, 11) is 1.69. The predicted molar refractivity (Wildman–Crippen MR) is 109 cm³/mol. The third-order valence-corrected chi connectivity index (χ3v) is 6.10. The maximum atomic E-state index is 12.5. The van der Waals surface area contributed by atoms with E-state index >= 15 is 0 Å². The quantitative estimate of drug-likeness (QED) is 0.721. The number of amides is 1. The summed E-state index contributed by atoms with van der Waals surface area (Å²) in [6.45, 7) is 3.32. The zero-order valence-corrected chi connectivity index (χ0v) is 17.4. The van der Waals surface area contributed by atoms with E-state index in [4.69, 9.17) is 14.0 Å². The molecule has 4 rings (SSSR count). The van der Waals surface area contributed by atoms with Crippen LogP contribution in [0.2, 0.25) is 0 Å². The Balaban J connectivity index is 1.34. The maximum absolute atomic E-state index is 12.5. The van der Waals surface area contributed by atoms with E-state index in [1.807, 2.05) is 11.0 Å². The molecule has 2 aliphatic rings. The molecule has 2 heterocycles. The van der Waals surface area contributed by atoms with Crippen LogP contribution in [0.4, 0.5) is 0 Å². The lowest BCUT2D eigenvalue weighted by Gasteiger charge is -2.31. The summed E-state index contributed by atoms with van der Waals surface area (Å²) in [6, 6.07) is 8.01. The molecule has 0 unspecified atom stereocenters. The molecule has 1 aliphatic heterocycles. The molecule has 1 saturated carbocycles. The highest BCUT2D eigenvalue weighted by atomic mass is 16.5. The van der Waals surface area contributed by atoms with Gasteiger partial charge in [0.2, 0.25) is 0 Å². The lowest BCUT2D eigenvalue weighted by Crippen LogP contribution is -2.39. The SMILES string of the molecule is COc1ccc(CC2CCN(C(=O)c3cc(C)on3)CC2)cc1OC1CCCC1. The zero-order valence-electron chi connectivity index (χ0n) is 17.4. The van der Waals surface area contributed by atoms with Crippen molar-refractivity contribution in [1.29, 1.82) is 0 Å². The van der Waals surface area contributed by atoms with E-state index in [1.165, 1.54) is 18.4 Å². The molecule has 1 amide bonds. The molecule has 0 radical (unpaired) electrons. The second kappa shape index (κ2) is 8.89. The van der Waals surface area contributed by atoms with Gasteiger partial charge in [-0.2, -0.15) is 0 Å². The Morgan fingerprint density at radius 3 is 2.55 bits per heavy atom. The van der Waals surface area contributed by atoms with E-state index in [-0.39, 0.29) is 5.91 Å². The number of benzene rings is 1. The van der Waals surface area contributed by atoms with Gasteiger partial charge in [-0.25, -0.2) is 0 Å². The van der Waals surface area contributed by atoms with Crippen LogP contribution in [-0.2, 0) is 6.42 Å². The van der Waals surface area contributed by atoms with Crippen LogP contribution in [0.3, 0.4) is 0 Å². The molecule has 1 saturated heterocycles. The van der Waals surface area contributed by atoms with Crippen LogP contribution >= 0.6 is 0 Å². The summed E-state index contributed by atoms with van der Waals surface area (Å²) in [4.78, 5) is 14.4. The van der Waals surface area contributed by atoms with Crippen molar-refractivity contribution in [2.75, 3.05) is 20.2 Å². The van der Waals surface area contributed by atoms with Gasteiger partial charge in [0, 0.05) is 19.2 Å². The van der Waals surface area contributed by atoms with Crippen LogP contribution in [0, 0.1) is 12.8 Å². The molecular formula is C23H30N2O4. The first-order chi connectivity index (χ1) is 14.1. The number of carbonyl (C=O) groups excluding carboxylic acids is 1. The Bertz CT molecular complexity index is 833. The minimum absolute atomic E-state index is 0.0306. The topological polar surface area (TPSA) is 64.8 Å². The van der Waals surface area contributed by atoms with E-state index < -0.39 is 0 Å². The van der Waals surface area contributed by atoms with Gasteiger partial charge in [-0.05, 0) is 75.5 Å². The monoisotopic (exact) mass is 398 g/mol. The van der Waals surface area contributed by atoms with E-state index in [2.05, 4.69) is 17.3 Å². The third-order valence-electron chi connectivity index (χ3n) is 6.10. The third kappa shape index (κ3) is 4.74. The lowest BCUT2D eigenvalue weighted by molar-refractivity contribution is 0.0680. The number of rotatable bonds is 6. The number of methoxy groups -OCH3 is 1. The Labute approximate surface area is 172 Å². The van der Waals surface area contributed by atoms with E-state index in [9.17, 15) is 4.79 Å². The van der Waals surface area contributed by atoms with Crippen molar-refractivity contribution in [1.82, 2.24) is 10.1 Å². The van der Waals surface area contributed by atoms with Gasteiger partial charge >= 0.3 is 0 Å². The molecule has 29 heavy (non-hydrogen) atoms. The average molecular weight is 399 g/mol. The summed E-state index contributed by atoms with van der Waals surface area (Å²) in [5.41, 5.74) is 1.68. The van der Waals surface area contributed by atoms with E-state index in [0.29, 0.717) is 23.5 Å². The number of piperidine rings is 1. The van der Waals surface area contributed by atoms with Crippen molar-refractivity contribution in [3.05, 3.63) is 41.3 Å². The number of nitrogens with zero attached hydrogens (tertiary/aromatic N) is 2. The molecule has 0 spiro atoms. The smallest absolute Gasteiger partial charge is 0.276 e. The molecule has 156 valence electrons. The summed E-state index contributed by atoms with van der Waals surface area (Å²) in [5, 5.41) is 3.85. The number of hydrogen-bond donors (Lipinski definition) is 0. The van der Waals surface area contributed by atoms with Gasteiger partial charge < -0.3 is 18.9 Å². The first-order valence-corrected chi connectivity index (χ1v) is 10.7. The number of carbonyl (C=O) groups is 1. The predicted octanol–water partition coefficient (Wildman–Crippen LogP) is 4.41. The van der Waals surface area contributed by atoms with Crippen LogP contribution in [0.5, 0.6) is 11.5 Å². The summed E-state index contributed by atoms with van der Waals surface area (Å²) >= 11 is 0. The first-order valence-electron chi connectivity index (χ1n) is 10.7. The van der Waals surface area contributed by atoms with Crippen molar-refractivity contribution >= 4 is 5.91 Å². The molecule has 0 bridgehead atoms. The van der Waals surface area contributed by atoms with Crippen molar-refractivity contribution < 1.29 is 18.8 Å². The molecule has 2 aromatic rings. The number of hydrogen-bond acceptors (Lipinski definition) is 5. The molecule has 1 aromatic heterocycles. The van der Waals surface area contributed by atoms with Crippen LogP contribution in [0.25, 0.3) is 0 Å². The Morgan fingerprint density at radius 2 is 1.90 bits per heavy atom. The lowest BCUT2D eigenvalue weighted by atomic mass is 9.90. The van der Waals surface area contributed by atoms with Crippen molar-refractivity contribution in [2.45, 2.75) is 58.0 Å². The number of likely N-dealkylation sites (tertiary alicyclic amines) is 1. The Morgan fingerprint density at radius 1 is 1.14 bits per heavy atom. The van der Waals surface area contributed by atoms with E-state index in [0.717, 1.165) is 56.7 Å². The second-order valence-corrected chi connectivity index (χ2v) is 8.27. The van der Waals surface area contributed by atoms with Gasteiger partial charge in [-0.1, -0.05) is 11.2 Å². The van der Waals surface area contributed by atoms with Crippen LogP contribution < -0.4 is 9.47 Å². The van der Waals surface area contributed by atoms with Gasteiger partial charge in [0.05, 0.1) is 13.2 Å². The standard InChI is InChI=1S/C23H30N2O4/c1-16-13-20(24-29-16)23(26)25-11-9-17(10-12-25)14-18-7-8-21(27-2)22(15-18)28-19-5-3-4-6-19/h7-8,13,15,17,19H,3-6,9-12,14H2,1-2H3. The fourth-order valence-electron chi connectivity index (χ4n) is 4.43. The Kier molecular flexibility index (Phi) is 6.07. The first kappa shape index (κ1) is 19.8. The minimum atomic E-state index is -0.0306. The highest BCUT2D eigenvalue weighted by molar-refractivity contribution is 5.92. The molecule has 1 aromatic carbocycles. The number of aryl methyl sites for hydroxylation is 1. The molecule has 6 nitrogen and oxygen atoms in total. The fourth-order valence-corrected chi connectivity index (χ4v) is 4.43. The van der Waals surface area contributed by atoms with Crippen LogP contribution in [0.1, 0.15) is 60.3 Å². The fraction of sp³-hybridized carbons (Fsp3) is 0.565. The average Bonchev–Trinajstić information content (AvgIpc) is 3.40. The molecular weight excluding hydrogens is 368 g/mol. The highest BCUT2D eigenvalue weighted by Gasteiger charge is 2.26.